The largest absolute Gasteiger partial charge is 0.494 e. The third-order valence-corrected chi connectivity index (χ3v) is 9.40. The van der Waals surface area contributed by atoms with Crippen molar-refractivity contribution in [3.63, 3.8) is 0 Å². The lowest BCUT2D eigenvalue weighted by Crippen LogP contribution is -2.54. The predicted molar refractivity (Wildman–Crippen MR) is 132 cm³/mol. The van der Waals surface area contributed by atoms with Gasteiger partial charge in [0.2, 0.25) is 17.7 Å². The predicted octanol–water partition coefficient (Wildman–Crippen LogP) is 2.41. The number of nitrogens with one attached hydrogen (secondary N) is 2. The lowest BCUT2D eigenvalue weighted by atomic mass is 9.66. The number of hydrogen-bond donors (Lipinski definition) is 3. The lowest BCUT2D eigenvalue weighted by molar-refractivity contribution is -0.140. The van der Waals surface area contributed by atoms with Gasteiger partial charge in [0.1, 0.15) is 11.8 Å². The summed E-state index contributed by atoms with van der Waals surface area (Å²) in [7, 11) is 0. The van der Waals surface area contributed by atoms with E-state index in [4.69, 9.17) is 4.74 Å². The van der Waals surface area contributed by atoms with E-state index in [1.165, 1.54) is 4.90 Å². The number of carbonyl (C=O) groups excluding carboxylic acids is 3. The monoisotopic (exact) mass is 489 g/mol. The summed E-state index contributed by atoms with van der Waals surface area (Å²) in [6.07, 6.45) is 3.28. The highest BCUT2D eigenvalue weighted by Gasteiger charge is 2.76. The van der Waals surface area contributed by atoms with E-state index in [1.54, 1.807) is 36.0 Å². The van der Waals surface area contributed by atoms with Crippen molar-refractivity contribution in [2.45, 2.75) is 62.0 Å². The van der Waals surface area contributed by atoms with Crippen LogP contribution >= 0.6 is 11.8 Å². The molecule has 0 saturated carbocycles. The quantitative estimate of drug-likeness (QED) is 0.436. The average Bonchev–Trinajstić information content (AvgIpc) is 3.37. The average molecular weight is 490 g/mol. The van der Waals surface area contributed by atoms with Crippen molar-refractivity contribution in [3.05, 3.63) is 24.3 Å². The van der Waals surface area contributed by atoms with Gasteiger partial charge in [-0.15, -0.1) is 11.8 Å². The summed E-state index contributed by atoms with van der Waals surface area (Å²) in [4.78, 5) is 42.1. The van der Waals surface area contributed by atoms with E-state index >= 15 is 0 Å². The van der Waals surface area contributed by atoms with Crippen molar-refractivity contribution in [2.24, 2.45) is 11.8 Å². The first-order chi connectivity index (χ1) is 16.3. The van der Waals surface area contributed by atoms with E-state index in [0.717, 1.165) is 25.0 Å². The molecule has 3 aliphatic rings. The van der Waals surface area contributed by atoms with Crippen molar-refractivity contribution in [3.8, 4) is 5.75 Å². The minimum absolute atomic E-state index is 0.0907. The molecule has 3 fully saturated rings. The Balaban J connectivity index is 1.61. The first kappa shape index (κ1) is 24.9. The van der Waals surface area contributed by atoms with Crippen LogP contribution in [0.5, 0.6) is 5.75 Å². The molecule has 8 nitrogen and oxygen atoms in total. The summed E-state index contributed by atoms with van der Waals surface area (Å²) in [5.74, 6) is -0.999. The molecule has 3 aliphatic heterocycles. The molecule has 3 saturated heterocycles. The zero-order valence-electron chi connectivity index (χ0n) is 20.1. The second-order valence-electron chi connectivity index (χ2n) is 9.57. The molecule has 34 heavy (non-hydrogen) atoms. The minimum atomic E-state index is -0.677. The fraction of sp³-hybridized carbons (Fsp3) is 0.640. The van der Waals surface area contributed by atoms with Crippen LogP contribution in [0.4, 0.5) is 5.69 Å². The van der Waals surface area contributed by atoms with Gasteiger partial charge in [0.25, 0.3) is 0 Å². The van der Waals surface area contributed by atoms with Crippen LogP contribution in [0.1, 0.15) is 46.5 Å². The molecule has 3 heterocycles. The standard InChI is InChI=1S/C25H35N3O5S/c1-4-6-13-26-22(31)20-25-12-11-24(3,34-25)18(19(25)23(32)28(20)14-15-29)21(30)27-16-7-9-17(10-8-16)33-5-2/h7-10,18-20,29H,4-6,11-15H2,1-3H3,(H,26,31)(H,27,30)/t18-,19-,20?,24+,25?/m0/s1. The Hall–Kier alpha value is -2.26. The Morgan fingerprint density at radius 2 is 1.94 bits per heavy atom. The zero-order valence-corrected chi connectivity index (χ0v) is 21.0. The molecule has 1 aromatic rings. The van der Waals surface area contributed by atoms with Crippen molar-refractivity contribution in [2.75, 3.05) is 31.6 Å². The van der Waals surface area contributed by atoms with Gasteiger partial charge in [0.05, 0.1) is 29.8 Å². The van der Waals surface area contributed by atoms with Crippen molar-refractivity contribution in [1.29, 1.82) is 0 Å². The van der Waals surface area contributed by atoms with Crippen LogP contribution in [0.25, 0.3) is 0 Å². The molecule has 9 heteroatoms. The number of nitrogens with zero attached hydrogens (tertiary/aromatic N) is 1. The Bertz CT molecular complexity index is 941. The number of benzene rings is 1. The van der Waals surface area contributed by atoms with Gasteiger partial charge in [0, 0.05) is 23.5 Å². The molecule has 1 aromatic carbocycles. The topological polar surface area (TPSA) is 108 Å². The number of thioether (sulfide) groups is 1. The summed E-state index contributed by atoms with van der Waals surface area (Å²) in [6.45, 7) is 6.99. The number of carbonyl (C=O) groups is 3. The Kier molecular flexibility index (Phi) is 7.14. The van der Waals surface area contributed by atoms with Crippen LogP contribution in [0.3, 0.4) is 0 Å². The zero-order chi connectivity index (χ0) is 24.5. The second-order valence-corrected chi connectivity index (χ2v) is 11.5. The van der Waals surface area contributed by atoms with Crippen LogP contribution in [0, 0.1) is 11.8 Å². The van der Waals surface area contributed by atoms with E-state index in [0.29, 0.717) is 25.3 Å². The van der Waals surface area contributed by atoms with Crippen LogP contribution < -0.4 is 15.4 Å². The summed E-state index contributed by atoms with van der Waals surface area (Å²) < 4.78 is 4.39. The molecule has 0 aromatic heterocycles. The van der Waals surface area contributed by atoms with Crippen molar-refractivity contribution < 1.29 is 24.2 Å². The fourth-order valence-electron chi connectivity index (χ4n) is 5.98. The SMILES string of the molecule is CCCCNC(=O)C1N(CCO)C(=O)[C@@H]2[C@@H](C(=O)Nc3ccc(OCC)cc3)[C@@]3(C)CCC12S3. The van der Waals surface area contributed by atoms with Gasteiger partial charge in [-0.05, 0) is 57.4 Å². The van der Waals surface area contributed by atoms with Gasteiger partial charge in [-0.1, -0.05) is 13.3 Å². The molecule has 4 rings (SSSR count). The maximum atomic E-state index is 13.7. The Morgan fingerprint density at radius 1 is 1.21 bits per heavy atom. The van der Waals surface area contributed by atoms with Gasteiger partial charge in [-0.2, -0.15) is 0 Å². The summed E-state index contributed by atoms with van der Waals surface area (Å²) in [5.41, 5.74) is 0.644. The molecule has 1 spiro atoms. The number of rotatable bonds is 10. The van der Waals surface area contributed by atoms with Gasteiger partial charge in [-0.3, -0.25) is 14.4 Å². The van der Waals surface area contributed by atoms with Crippen LogP contribution in [0.15, 0.2) is 24.3 Å². The molecule has 3 N–H and O–H groups in total. The van der Waals surface area contributed by atoms with E-state index < -0.39 is 27.4 Å². The second kappa shape index (κ2) is 9.77. The lowest BCUT2D eigenvalue weighted by Gasteiger charge is -2.34. The van der Waals surface area contributed by atoms with Crippen LogP contribution in [-0.2, 0) is 14.4 Å². The maximum Gasteiger partial charge on any atom is 0.244 e. The molecular weight excluding hydrogens is 454 g/mol. The molecule has 2 bridgehead atoms. The number of anilines is 1. The third kappa shape index (κ3) is 4.06. The number of ether oxygens (including phenoxy) is 1. The fourth-order valence-corrected chi connectivity index (χ4v) is 8.34. The molecule has 0 aliphatic carbocycles. The highest BCUT2D eigenvalue weighted by molar-refractivity contribution is 8.02. The molecule has 3 amide bonds. The van der Waals surface area contributed by atoms with Crippen molar-refractivity contribution in [1.82, 2.24) is 10.2 Å². The molecule has 2 unspecified atom stereocenters. The first-order valence-electron chi connectivity index (χ1n) is 12.2. The smallest absolute Gasteiger partial charge is 0.244 e. The summed E-state index contributed by atoms with van der Waals surface area (Å²) >= 11 is 1.63. The van der Waals surface area contributed by atoms with E-state index in [2.05, 4.69) is 17.6 Å². The number of β-amino-alcohol motifs (C(OH)–C–C–N with tert-alkyl or cyclic N) is 1. The Morgan fingerprint density at radius 3 is 2.59 bits per heavy atom. The van der Waals surface area contributed by atoms with E-state index in [-0.39, 0.29) is 30.9 Å². The van der Waals surface area contributed by atoms with Crippen LogP contribution in [-0.4, -0.2) is 69.6 Å². The number of hydrogen-bond acceptors (Lipinski definition) is 6. The van der Waals surface area contributed by atoms with E-state index in [1.807, 2.05) is 13.8 Å². The van der Waals surface area contributed by atoms with Crippen LogP contribution in [0.2, 0.25) is 0 Å². The molecular formula is C25H35N3O5S. The van der Waals surface area contributed by atoms with Gasteiger partial charge in [-0.25, -0.2) is 0 Å². The number of fused-ring (bicyclic) bond motifs is 1. The van der Waals surface area contributed by atoms with Crippen molar-refractivity contribution >= 4 is 35.2 Å². The summed E-state index contributed by atoms with van der Waals surface area (Å²) in [5, 5.41) is 15.6. The number of unbranched alkanes of at least 4 members (excludes halogenated alkanes) is 1. The highest BCUT2D eigenvalue weighted by Crippen LogP contribution is 2.71. The minimum Gasteiger partial charge on any atom is -0.494 e. The van der Waals surface area contributed by atoms with E-state index in [9.17, 15) is 19.5 Å². The maximum absolute atomic E-state index is 13.7. The summed E-state index contributed by atoms with van der Waals surface area (Å²) in [6, 6.07) is 6.51. The first-order valence-corrected chi connectivity index (χ1v) is 13.1. The van der Waals surface area contributed by atoms with Gasteiger partial charge < -0.3 is 25.4 Å². The van der Waals surface area contributed by atoms with Gasteiger partial charge >= 0.3 is 0 Å². The Labute approximate surface area is 205 Å². The normalized spacial score (nSPS) is 31.5. The number of likely N-dealkylation sites (tertiary alicyclic amines) is 1. The molecule has 5 atom stereocenters. The number of aliphatic hydroxyl groups excluding tert-OH is 1. The van der Waals surface area contributed by atoms with Gasteiger partial charge in [0.15, 0.2) is 0 Å². The highest BCUT2D eigenvalue weighted by atomic mass is 32.2. The number of aliphatic hydroxyl groups is 1. The molecule has 0 radical (unpaired) electrons. The third-order valence-electron chi connectivity index (χ3n) is 7.41. The number of amides is 3. The molecule has 186 valence electrons.